The number of hydrogen-bond acceptors (Lipinski definition) is 3. The van der Waals surface area contributed by atoms with E-state index < -0.39 is 0 Å². The third-order valence-corrected chi connectivity index (χ3v) is 6.83. The molecular weight excluding hydrogens is 404 g/mol. The molecular formula is C25H28N4OS. The van der Waals surface area contributed by atoms with Gasteiger partial charge >= 0.3 is 0 Å². The molecule has 5 nitrogen and oxygen atoms in total. The summed E-state index contributed by atoms with van der Waals surface area (Å²) in [5.41, 5.74) is 3.19. The van der Waals surface area contributed by atoms with Gasteiger partial charge in [-0.25, -0.2) is 0 Å². The zero-order chi connectivity index (χ0) is 21.2. The monoisotopic (exact) mass is 432 g/mol. The maximum Gasteiger partial charge on any atom is 0.174 e. The number of hydrogen-bond donors (Lipinski definition) is 1. The predicted octanol–water partition coefficient (Wildman–Crippen LogP) is 5.57. The van der Waals surface area contributed by atoms with E-state index in [2.05, 4.69) is 50.4 Å². The summed E-state index contributed by atoms with van der Waals surface area (Å²) in [6, 6.07) is 16.9. The molecule has 1 aromatic carbocycles. The first-order chi connectivity index (χ1) is 15.3. The second-order valence-corrected chi connectivity index (χ2v) is 8.74. The Morgan fingerprint density at radius 1 is 1.03 bits per heavy atom. The summed E-state index contributed by atoms with van der Waals surface area (Å²) >= 11 is 5.84. The first-order valence-electron chi connectivity index (χ1n) is 11.1. The molecule has 0 amide bonds. The van der Waals surface area contributed by atoms with Crippen molar-refractivity contribution in [3.8, 4) is 5.75 Å². The minimum atomic E-state index is -0.0409. The van der Waals surface area contributed by atoms with Crippen LogP contribution in [0.25, 0.3) is 0 Å². The van der Waals surface area contributed by atoms with Crippen molar-refractivity contribution in [2.45, 2.75) is 50.2 Å². The van der Waals surface area contributed by atoms with E-state index >= 15 is 0 Å². The summed E-state index contributed by atoms with van der Waals surface area (Å²) in [4.78, 5) is 6.84. The average Bonchev–Trinajstić information content (AvgIpc) is 3.45. The number of aromatic nitrogens is 2. The Morgan fingerprint density at radius 2 is 1.84 bits per heavy atom. The lowest BCUT2D eigenvalue weighted by atomic mass is 9.95. The molecule has 160 valence electrons. The Hall–Kier alpha value is -2.86. The van der Waals surface area contributed by atoms with Crippen LogP contribution in [-0.2, 0) is 0 Å². The van der Waals surface area contributed by atoms with Crippen molar-refractivity contribution < 1.29 is 4.74 Å². The molecule has 0 radical (unpaired) electrons. The fourth-order valence-electron chi connectivity index (χ4n) is 4.99. The van der Waals surface area contributed by atoms with Gasteiger partial charge in [-0.2, -0.15) is 0 Å². The number of para-hydroxylation sites is 2. The van der Waals surface area contributed by atoms with Crippen LogP contribution in [0.4, 0.5) is 5.69 Å². The summed E-state index contributed by atoms with van der Waals surface area (Å²) in [7, 11) is 1.70. The van der Waals surface area contributed by atoms with Crippen molar-refractivity contribution in [3.63, 3.8) is 0 Å². The lowest BCUT2D eigenvalue weighted by molar-refractivity contribution is 0.353. The predicted molar refractivity (Wildman–Crippen MR) is 127 cm³/mol. The highest BCUT2D eigenvalue weighted by Crippen LogP contribution is 2.44. The Kier molecular flexibility index (Phi) is 5.64. The van der Waals surface area contributed by atoms with Gasteiger partial charge in [0.25, 0.3) is 0 Å². The smallest absolute Gasteiger partial charge is 0.174 e. The van der Waals surface area contributed by atoms with Gasteiger partial charge in [0.05, 0.1) is 30.6 Å². The van der Waals surface area contributed by atoms with E-state index in [-0.39, 0.29) is 12.1 Å². The van der Waals surface area contributed by atoms with E-state index in [0.717, 1.165) is 17.1 Å². The molecule has 0 unspecified atom stereocenters. The molecule has 2 atom stereocenters. The number of ether oxygens (including phenoxy) is 1. The van der Waals surface area contributed by atoms with Crippen molar-refractivity contribution in [1.29, 1.82) is 0 Å². The minimum Gasteiger partial charge on any atom is -0.495 e. The van der Waals surface area contributed by atoms with Gasteiger partial charge in [0.2, 0.25) is 0 Å². The molecule has 2 aromatic heterocycles. The summed E-state index contributed by atoms with van der Waals surface area (Å²) in [5, 5.41) is 4.23. The van der Waals surface area contributed by atoms with Crippen molar-refractivity contribution in [1.82, 2.24) is 14.9 Å². The molecule has 2 aliphatic rings. The Labute approximate surface area is 189 Å². The number of methoxy groups -OCH3 is 1. The van der Waals surface area contributed by atoms with Crippen LogP contribution in [0.5, 0.6) is 5.75 Å². The van der Waals surface area contributed by atoms with Gasteiger partial charge < -0.3 is 19.5 Å². The first-order valence-corrected chi connectivity index (χ1v) is 11.5. The lowest BCUT2D eigenvalue weighted by Gasteiger charge is -2.28. The standard InChI is InChI=1S/C25H28N4OS/c1-30-22-13-6-5-12-21(22)29-24(23(27-25(29)31)20-11-7-8-15-26-20)18-14-16-28(17-18)19-9-3-2-4-10-19/h5-8,11-17,19,23-24H,2-4,9-10H2,1H3,(H,27,31)/t23-,24-/m0/s1. The van der Waals surface area contributed by atoms with Crippen molar-refractivity contribution in [2.75, 3.05) is 12.0 Å². The zero-order valence-electron chi connectivity index (χ0n) is 17.8. The normalized spacial score (nSPS) is 21.8. The highest BCUT2D eigenvalue weighted by molar-refractivity contribution is 7.80. The second kappa shape index (κ2) is 8.71. The summed E-state index contributed by atoms with van der Waals surface area (Å²) in [6.45, 7) is 0. The zero-order valence-corrected chi connectivity index (χ0v) is 18.6. The third kappa shape index (κ3) is 3.81. The summed E-state index contributed by atoms with van der Waals surface area (Å²) in [6.07, 6.45) is 12.9. The largest absolute Gasteiger partial charge is 0.495 e. The highest BCUT2D eigenvalue weighted by atomic mass is 32.1. The van der Waals surface area contributed by atoms with Gasteiger partial charge in [-0.3, -0.25) is 4.98 Å². The lowest BCUT2D eigenvalue weighted by Crippen LogP contribution is -2.29. The number of anilines is 1. The number of pyridine rings is 1. The molecule has 1 saturated carbocycles. The highest BCUT2D eigenvalue weighted by Gasteiger charge is 2.42. The maximum atomic E-state index is 5.84. The van der Waals surface area contributed by atoms with Gasteiger partial charge in [0.15, 0.2) is 5.11 Å². The van der Waals surface area contributed by atoms with E-state index in [1.165, 1.54) is 37.7 Å². The summed E-state index contributed by atoms with van der Waals surface area (Å²) in [5.74, 6) is 0.810. The summed E-state index contributed by atoms with van der Waals surface area (Å²) < 4.78 is 8.09. The van der Waals surface area contributed by atoms with Crippen LogP contribution in [0.3, 0.4) is 0 Å². The number of rotatable bonds is 5. The molecule has 1 saturated heterocycles. The van der Waals surface area contributed by atoms with E-state index in [1.807, 2.05) is 36.5 Å². The second-order valence-electron chi connectivity index (χ2n) is 8.35. The van der Waals surface area contributed by atoms with Crippen molar-refractivity contribution in [3.05, 3.63) is 78.4 Å². The molecule has 6 heteroatoms. The Balaban J connectivity index is 1.57. The van der Waals surface area contributed by atoms with Crippen LogP contribution < -0.4 is 15.0 Å². The Bertz CT molecular complexity index is 1040. The molecule has 5 rings (SSSR count). The van der Waals surface area contributed by atoms with Gasteiger partial charge in [-0.1, -0.05) is 37.5 Å². The topological polar surface area (TPSA) is 42.3 Å². The first kappa shape index (κ1) is 20.1. The quantitative estimate of drug-likeness (QED) is 0.534. The number of nitrogens with zero attached hydrogens (tertiary/aromatic N) is 3. The van der Waals surface area contributed by atoms with Gasteiger partial charge in [-0.15, -0.1) is 0 Å². The molecule has 1 aliphatic carbocycles. The van der Waals surface area contributed by atoms with E-state index in [9.17, 15) is 0 Å². The SMILES string of the molecule is COc1ccccc1N1C(=S)N[C@@H](c2ccccn2)[C@@H]1c1ccn(C2CCCCC2)c1. The molecule has 0 bridgehead atoms. The van der Waals surface area contributed by atoms with Gasteiger partial charge in [0, 0.05) is 24.6 Å². The molecule has 2 fully saturated rings. The average molecular weight is 433 g/mol. The molecule has 1 aliphatic heterocycles. The minimum absolute atomic E-state index is 0.0106. The van der Waals surface area contributed by atoms with Crippen LogP contribution in [-0.4, -0.2) is 21.8 Å². The third-order valence-electron chi connectivity index (χ3n) is 6.52. The van der Waals surface area contributed by atoms with Crippen LogP contribution in [0, 0.1) is 0 Å². The van der Waals surface area contributed by atoms with Crippen molar-refractivity contribution in [2.24, 2.45) is 0 Å². The molecule has 3 aromatic rings. The number of benzene rings is 1. The van der Waals surface area contributed by atoms with Gasteiger partial charge in [0.1, 0.15) is 5.75 Å². The van der Waals surface area contributed by atoms with Gasteiger partial charge in [-0.05, 0) is 61.0 Å². The van der Waals surface area contributed by atoms with Crippen LogP contribution in [0.2, 0.25) is 0 Å². The van der Waals surface area contributed by atoms with Crippen molar-refractivity contribution >= 4 is 23.0 Å². The van der Waals surface area contributed by atoms with Crippen LogP contribution in [0.1, 0.15) is 61.5 Å². The molecule has 1 N–H and O–H groups in total. The molecule has 0 spiro atoms. The van der Waals surface area contributed by atoms with Crippen LogP contribution >= 0.6 is 12.2 Å². The van der Waals surface area contributed by atoms with E-state index in [0.29, 0.717) is 11.2 Å². The fraction of sp³-hybridized carbons (Fsp3) is 0.360. The van der Waals surface area contributed by atoms with E-state index in [1.54, 1.807) is 7.11 Å². The Morgan fingerprint density at radius 3 is 2.61 bits per heavy atom. The van der Waals surface area contributed by atoms with E-state index in [4.69, 9.17) is 17.0 Å². The number of thiocarbonyl (C=S) groups is 1. The number of nitrogens with one attached hydrogen (secondary N) is 1. The molecule has 3 heterocycles. The fourth-order valence-corrected chi connectivity index (χ4v) is 5.33. The van der Waals surface area contributed by atoms with Crippen LogP contribution in [0.15, 0.2) is 67.1 Å². The molecule has 31 heavy (non-hydrogen) atoms. The maximum absolute atomic E-state index is 5.84.